The average molecular weight is 293 g/mol. The average Bonchev–Trinajstić information content (AvgIpc) is 2.46. The van der Waals surface area contributed by atoms with Crippen molar-refractivity contribution in [2.24, 2.45) is 5.73 Å². The van der Waals surface area contributed by atoms with Gasteiger partial charge in [-0.25, -0.2) is 4.39 Å². The first kappa shape index (κ1) is 15.4. The summed E-state index contributed by atoms with van der Waals surface area (Å²) in [6, 6.07) is 5.77. The van der Waals surface area contributed by atoms with Crippen molar-refractivity contribution in [2.75, 3.05) is 26.2 Å². The lowest BCUT2D eigenvalue weighted by Gasteiger charge is -2.37. The Labute approximate surface area is 123 Å². The van der Waals surface area contributed by atoms with Crippen molar-refractivity contribution in [2.45, 2.75) is 19.4 Å². The van der Waals surface area contributed by atoms with Gasteiger partial charge < -0.3 is 10.6 Å². The molecule has 0 bridgehead atoms. The number of carbonyl (C=O) groups is 2. The molecule has 114 valence electrons. The fraction of sp³-hybridized carbons (Fsp3) is 0.467. The minimum atomic E-state index is -0.352. The molecule has 0 aromatic heterocycles. The van der Waals surface area contributed by atoms with E-state index >= 15 is 0 Å². The first-order valence-corrected chi connectivity index (χ1v) is 7.03. The van der Waals surface area contributed by atoms with Crippen molar-refractivity contribution >= 4 is 11.8 Å². The molecule has 21 heavy (non-hydrogen) atoms. The lowest BCUT2D eigenvalue weighted by Crippen LogP contribution is -2.54. The molecule has 0 saturated carbocycles. The van der Waals surface area contributed by atoms with Crippen molar-refractivity contribution < 1.29 is 14.0 Å². The maximum Gasteiger partial charge on any atom is 0.234 e. The summed E-state index contributed by atoms with van der Waals surface area (Å²) in [5, 5.41) is 0. The molecule has 2 rings (SSSR count). The number of halogens is 1. The smallest absolute Gasteiger partial charge is 0.234 e. The molecule has 1 atom stereocenters. The van der Waals surface area contributed by atoms with E-state index in [1.165, 1.54) is 12.1 Å². The number of carbonyl (C=O) groups excluding carboxylic acids is 2. The van der Waals surface area contributed by atoms with Crippen LogP contribution in [0.2, 0.25) is 0 Å². The third-order valence-corrected chi connectivity index (χ3v) is 3.87. The molecule has 1 saturated heterocycles. The van der Waals surface area contributed by atoms with E-state index in [-0.39, 0.29) is 30.1 Å². The van der Waals surface area contributed by atoms with E-state index < -0.39 is 0 Å². The molecule has 1 aromatic rings. The molecule has 1 aliphatic rings. The van der Waals surface area contributed by atoms with Crippen LogP contribution in [0, 0.1) is 5.82 Å². The van der Waals surface area contributed by atoms with Crippen molar-refractivity contribution in [1.29, 1.82) is 0 Å². The van der Waals surface area contributed by atoms with E-state index in [1.54, 1.807) is 24.0 Å². The summed E-state index contributed by atoms with van der Waals surface area (Å²) in [7, 11) is 0. The maximum atomic E-state index is 13.1. The molecule has 1 heterocycles. The molecule has 1 aliphatic heterocycles. The van der Waals surface area contributed by atoms with Crippen LogP contribution in [0.25, 0.3) is 0 Å². The highest BCUT2D eigenvalue weighted by Gasteiger charge is 2.26. The number of hydrogen-bond donors (Lipinski definition) is 1. The van der Waals surface area contributed by atoms with Crippen LogP contribution < -0.4 is 5.73 Å². The van der Waals surface area contributed by atoms with Gasteiger partial charge in [0, 0.05) is 26.2 Å². The molecule has 0 unspecified atom stereocenters. The largest absolute Gasteiger partial charge is 0.368 e. The van der Waals surface area contributed by atoms with Crippen LogP contribution in [0.3, 0.4) is 0 Å². The number of rotatable bonds is 4. The van der Waals surface area contributed by atoms with Crippen LogP contribution in [0.4, 0.5) is 4.39 Å². The minimum Gasteiger partial charge on any atom is -0.368 e. The SMILES string of the molecule is C[C@@H](C(N)=O)N1CCN(C(=O)Cc2cccc(F)c2)CC1. The van der Waals surface area contributed by atoms with Gasteiger partial charge in [0.05, 0.1) is 12.5 Å². The Morgan fingerprint density at radius 1 is 1.29 bits per heavy atom. The van der Waals surface area contributed by atoms with Crippen LogP contribution in [0.1, 0.15) is 12.5 Å². The van der Waals surface area contributed by atoms with Crippen LogP contribution >= 0.6 is 0 Å². The van der Waals surface area contributed by atoms with Gasteiger partial charge in [0.2, 0.25) is 11.8 Å². The zero-order valence-electron chi connectivity index (χ0n) is 12.1. The van der Waals surface area contributed by atoms with Gasteiger partial charge >= 0.3 is 0 Å². The topological polar surface area (TPSA) is 66.6 Å². The fourth-order valence-corrected chi connectivity index (χ4v) is 2.47. The monoisotopic (exact) mass is 293 g/mol. The van der Waals surface area contributed by atoms with Gasteiger partial charge in [0.25, 0.3) is 0 Å². The standard InChI is InChI=1S/C15H20FN3O2/c1-11(15(17)21)18-5-7-19(8-6-18)14(20)10-12-3-2-4-13(16)9-12/h2-4,9,11H,5-8,10H2,1H3,(H2,17,21)/t11-/m0/s1. The quantitative estimate of drug-likeness (QED) is 0.873. The van der Waals surface area contributed by atoms with Crippen molar-refractivity contribution in [3.8, 4) is 0 Å². The second-order valence-corrected chi connectivity index (χ2v) is 5.30. The third kappa shape index (κ3) is 4.01. The number of hydrogen-bond acceptors (Lipinski definition) is 3. The van der Waals surface area contributed by atoms with E-state index in [0.717, 1.165) is 0 Å². The first-order valence-electron chi connectivity index (χ1n) is 7.03. The predicted octanol–water partition coefficient (Wildman–Crippen LogP) is 0.386. The number of amides is 2. The molecule has 2 amide bonds. The second kappa shape index (κ2) is 6.67. The maximum absolute atomic E-state index is 13.1. The van der Waals surface area contributed by atoms with Gasteiger partial charge in [0.1, 0.15) is 5.82 Å². The Morgan fingerprint density at radius 3 is 2.52 bits per heavy atom. The molecular weight excluding hydrogens is 273 g/mol. The fourth-order valence-electron chi connectivity index (χ4n) is 2.47. The molecule has 5 nitrogen and oxygen atoms in total. The second-order valence-electron chi connectivity index (χ2n) is 5.30. The molecular formula is C15H20FN3O2. The van der Waals surface area contributed by atoms with Gasteiger partial charge in [-0.3, -0.25) is 14.5 Å². The first-order chi connectivity index (χ1) is 9.97. The van der Waals surface area contributed by atoms with Crippen molar-refractivity contribution in [1.82, 2.24) is 9.80 Å². The predicted molar refractivity (Wildman–Crippen MR) is 76.9 cm³/mol. The number of primary amides is 1. The van der Waals surface area contributed by atoms with Gasteiger partial charge in [-0.15, -0.1) is 0 Å². The summed E-state index contributed by atoms with van der Waals surface area (Å²) in [4.78, 5) is 27.0. The number of nitrogens with two attached hydrogens (primary N) is 1. The van der Waals surface area contributed by atoms with E-state index in [0.29, 0.717) is 31.7 Å². The number of benzene rings is 1. The zero-order chi connectivity index (χ0) is 15.4. The lowest BCUT2D eigenvalue weighted by molar-refractivity contribution is -0.133. The molecule has 0 aliphatic carbocycles. The van der Waals surface area contributed by atoms with Crippen LogP contribution in [-0.2, 0) is 16.0 Å². The summed E-state index contributed by atoms with van der Waals surface area (Å²) in [5.74, 6) is -0.707. The summed E-state index contributed by atoms with van der Waals surface area (Å²) in [5.41, 5.74) is 5.95. The normalized spacial score (nSPS) is 17.5. The Balaban J connectivity index is 1.87. The Kier molecular flexibility index (Phi) is 4.90. The van der Waals surface area contributed by atoms with E-state index in [2.05, 4.69) is 0 Å². The zero-order valence-corrected chi connectivity index (χ0v) is 12.1. The van der Waals surface area contributed by atoms with Crippen molar-refractivity contribution in [3.05, 3.63) is 35.6 Å². The van der Waals surface area contributed by atoms with Gasteiger partial charge in [-0.2, -0.15) is 0 Å². The number of nitrogens with zero attached hydrogens (tertiary/aromatic N) is 2. The van der Waals surface area contributed by atoms with Crippen molar-refractivity contribution in [3.63, 3.8) is 0 Å². The van der Waals surface area contributed by atoms with E-state index in [1.807, 2.05) is 4.90 Å². The Bertz CT molecular complexity index is 527. The molecule has 6 heteroatoms. The third-order valence-electron chi connectivity index (χ3n) is 3.87. The molecule has 0 spiro atoms. The Hall–Kier alpha value is -1.95. The Morgan fingerprint density at radius 2 is 1.95 bits per heavy atom. The van der Waals surface area contributed by atoms with E-state index in [4.69, 9.17) is 5.73 Å². The van der Waals surface area contributed by atoms with Gasteiger partial charge in [-0.05, 0) is 24.6 Å². The van der Waals surface area contributed by atoms with Crippen LogP contribution in [0.5, 0.6) is 0 Å². The molecule has 2 N–H and O–H groups in total. The van der Waals surface area contributed by atoms with Gasteiger partial charge in [-0.1, -0.05) is 12.1 Å². The minimum absolute atomic E-state index is 0.0213. The summed E-state index contributed by atoms with van der Waals surface area (Å²) in [6.45, 7) is 4.14. The molecule has 1 aromatic carbocycles. The lowest BCUT2D eigenvalue weighted by atomic mass is 10.1. The summed E-state index contributed by atoms with van der Waals surface area (Å²) >= 11 is 0. The number of piperazine rings is 1. The summed E-state index contributed by atoms with van der Waals surface area (Å²) in [6.07, 6.45) is 0.198. The molecule has 0 radical (unpaired) electrons. The highest BCUT2D eigenvalue weighted by atomic mass is 19.1. The van der Waals surface area contributed by atoms with Crippen LogP contribution in [-0.4, -0.2) is 53.8 Å². The van der Waals surface area contributed by atoms with E-state index in [9.17, 15) is 14.0 Å². The van der Waals surface area contributed by atoms with Gasteiger partial charge in [0.15, 0.2) is 0 Å². The molecule has 1 fully saturated rings. The highest BCUT2D eigenvalue weighted by molar-refractivity contribution is 5.80. The summed E-state index contributed by atoms with van der Waals surface area (Å²) < 4.78 is 13.1. The van der Waals surface area contributed by atoms with Crippen LogP contribution in [0.15, 0.2) is 24.3 Å². The highest BCUT2D eigenvalue weighted by Crippen LogP contribution is 2.10.